The van der Waals surface area contributed by atoms with Crippen LogP contribution in [0.2, 0.25) is 0 Å². The van der Waals surface area contributed by atoms with E-state index < -0.39 is 6.10 Å². The Hall–Kier alpha value is -2.67. The molecular weight excluding hydrogens is 314 g/mol. The maximum Gasteiger partial charge on any atom is 0.264 e. The molecule has 0 fully saturated rings. The Balaban J connectivity index is 1.40. The fraction of sp³-hybridized carbons (Fsp3) is 0.188. The number of carbonyl (C=O) groups excluding carboxylic acids is 1. The van der Waals surface area contributed by atoms with Crippen LogP contribution in [0, 0.1) is 0 Å². The molecule has 7 heteroatoms. The van der Waals surface area contributed by atoms with Gasteiger partial charge < -0.3 is 14.8 Å². The summed E-state index contributed by atoms with van der Waals surface area (Å²) in [6, 6.07) is 13.1. The molecule has 1 amide bonds. The Labute approximate surface area is 136 Å². The molecule has 1 atom stereocenters. The molecule has 0 saturated heterocycles. The summed E-state index contributed by atoms with van der Waals surface area (Å²) in [7, 11) is 0. The van der Waals surface area contributed by atoms with Crippen molar-refractivity contribution in [3.8, 4) is 11.5 Å². The van der Waals surface area contributed by atoms with Crippen LogP contribution in [0.15, 0.2) is 42.5 Å². The summed E-state index contributed by atoms with van der Waals surface area (Å²) in [5.41, 5.74) is 2.68. The van der Waals surface area contributed by atoms with E-state index in [9.17, 15) is 4.79 Å². The highest BCUT2D eigenvalue weighted by Gasteiger charge is 2.26. The smallest absolute Gasteiger partial charge is 0.264 e. The first-order valence-electron chi connectivity index (χ1n) is 7.17. The van der Waals surface area contributed by atoms with E-state index in [-0.39, 0.29) is 12.5 Å². The second kappa shape index (κ2) is 5.85. The molecule has 0 unspecified atom stereocenters. The van der Waals surface area contributed by atoms with E-state index in [1.54, 1.807) is 6.07 Å². The Bertz CT molecular complexity index is 864. The second-order valence-corrected chi connectivity index (χ2v) is 5.70. The van der Waals surface area contributed by atoms with Crippen molar-refractivity contribution in [3.63, 3.8) is 0 Å². The monoisotopic (exact) mass is 327 g/mol. The number of nitrogens with zero attached hydrogens (tertiary/aromatic N) is 2. The van der Waals surface area contributed by atoms with Gasteiger partial charge in [0.15, 0.2) is 11.5 Å². The number of aromatic nitrogens is 2. The van der Waals surface area contributed by atoms with Crippen molar-refractivity contribution < 1.29 is 14.3 Å². The predicted molar refractivity (Wildman–Crippen MR) is 85.6 cm³/mol. The van der Waals surface area contributed by atoms with Crippen LogP contribution in [0.1, 0.15) is 5.56 Å². The minimum Gasteiger partial charge on any atom is -0.485 e. The number of nitrogens with one attached hydrogen (secondary N) is 1. The maximum absolute atomic E-state index is 12.3. The van der Waals surface area contributed by atoms with Crippen molar-refractivity contribution in [2.24, 2.45) is 0 Å². The molecule has 3 aromatic rings. The number of hydrogen-bond acceptors (Lipinski definition) is 6. The van der Waals surface area contributed by atoms with Gasteiger partial charge in [0.2, 0.25) is 6.10 Å². The number of fused-ring (bicyclic) bond motifs is 2. The largest absolute Gasteiger partial charge is 0.485 e. The first kappa shape index (κ1) is 14.0. The van der Waals surface area contributed by atoms with Crippen molar-refractivity contribution in [1.29, 1.82) is 0 Å². The third kappa shape index (κ3) is 2.83. The van der Waals surface area contributed by atoms with Crippen molar-refractivity contribution in [3.05, 3.63) is 48.0 Å². The standard InChI is InChI=1S/C16H13N3O3S/c20-16(15-9-21-13-3-1-2-4-14(13)22-15)17-8-10-5-6-11-12(7-10)19-23-18-11/h1-7,15H,8-9H2,(H,17,20)/t15-/m0/s1. The minimum atomic E-state index is -0.644. The molecule has 0 aliphatic carbocycles. The number of hydrogen-bond donors (Lipinski definition) is 1. The third-order valence-corrected chi connectivity index (χ3v) is 4.14. The zero-order valence-electron chi connectivity index (χ0n) is 12.1. The van der Waals surface area contributed by atoms with Gasteiger partial charge in [-0.1, -0.05) is 18.2 Å². The van der Waals surface area contributed by atoms with Crippen molar-refractivity contribution in [1.82, 2.24) is 14.1 Å². The highest BCUT2D eigenvalue weighted by atomic mass is 32.1. The van der Waals surface area contributed by atoms with Crippen LogP contribution in [0.3, 0.4) is 0 Å². The molecule has 1 aliphatic heterocycles. The highest BCUT2D eigenvalue weighted by molar-refractivity contribution is 7.00. The molecular formula is C16H13N3O3S. The Morgan fingerprint density at radius 3 is 2.91 bits per heavy atom. The van der Waals surface area contributed by atoms with Crippen molar-refractivity contribution >= 4 is 28.7 Å². The first-order chi connectivity index (χ1) is 11.3. The fourth-order valence-corrected chi connectivity index (χ4v) is 2.91. The number of para-hydroxylation sites is 2. The van der Waals surface area contributed by atoms with Gasteiger partial charge in [0.25, 0.3) is 5.91 Å². The quantitative estimate of drug-likeness (QED) is 0.798. The Morgan fingerprint density at radius 2 is 2.00 bits per heavy atom. The summed E-state index contributed by atoms with van der Waals surface area (Å²) in [6.07, 6.45) is -0.644. The summed E-state index contributed by atoms with van der Waals surface area (Å²) in [5, 5.41) is 2.87. The van der Waals surface area contributed by atoms with E-state index in [2.05, 4.69) is 14.1 Å². The van der Waals surface area contributed by atoms with E-state index >= 15 is 0 Å². The van der Waals surface area contributed by atoms with Gasteiger partial charge in [-0.05, 0) is 29.8 Å². The van der Waals surface area contributed by atoms with E-state index in [1.165, 1.54) is 11.7 Å². The lowest BCUT2D eigenvalue weighted by atomic mass is 10.2. The fourth-order valence-electron chi connectivity index (χ4n) is 2.39. The van der Waals surface area contributed by atoms with Crippen molar-refractivity contribution in [2.75, 3.05) is 6.61 Å². The molecule has 0 radical (unpaired) electrons. The lowest BCUT2D eigenvalue weighted by molar-refractivity contribution is -0.130. The molecule has 2 aromatic carbocycles. The van der Waals surface area contributed by atoms with Gasteiger partial charge in [-0.2, -0.15) is 8.75 Å². The summed E-state index contributed by atoms with van der Waals surface area (Å²) < 4.78 is 19.6. The summed E-state index contributed by atoms with van der Waals surface area (Å²) in [4.78, 5) is 12.3. The number of rotatable bonds is 3. The van der Waals surface area contributed by atoms with Gasteiger partial charge in [0, 0.05) is 6.54 Å². The molecule has 6 nitrogen and oxygen atoms in total. The van der Waals surface area contributed by atoms with Crippen LogP contribution in [0.4, 0.5) is 0 Å². The third-order valence-electron chi connectivity index (χ3n) is 3.59. The lowest BCUT2D eigenvalue weighted by Crippen LogP contribution is -2.43. The molecule has 4 rings (SSSR count). The minimum absolute atomic E-state index is 0.198. The summed E-state index contributed by atoms with van der Waals surface area (Å²) in [5.74, 6) is 1.06. The Kier molecular flexibility index (Phi) is 3.55. The second-order valence-electron chi connectivity index (χ2n) is 5.17. The van der Waals surface area contributed by atoms with Crippen LogP contribution in [0.25, 0.3) is 11.0 Å². The summed E-state index contributed by atoms with van der Waals surface area (Å²) >= 11 is 1.18. The molecule has 0 spiro atoms. The topological polar surface area (TPSA) is 73.3 Å². The molecule has 0 saturated carbocycles. The average molecular weight is 327 g/mol. The molecule has 1 N–H and O–H groups in total. The summed E-state index contributed by atoms with van der Waals surface area (Å²) in [6.45, 7) is 0.617. The zero-order chi connectivity index (χ0) is 15.6. The van der Waals surface area contributed by atoms with E-state index in [0.29, 0.717) is 18.0 Å². The van der Waals surface area contributed by atoms with Crippen LogP contribution < -0.4 is 14.8 Å². The van der Waals surface area contributed by atoms with Crippen molar-refractivity contribution in [2.45, 2.75) is 12.6 Å². The molecule has 0 bridgehead atoms. The average Bonchev–Trinajstić information content (AvgIpc) is 3.07. The number of carbonyl (C=O) groups is 1. The number of benzene rings is 2. The van der Waals surface area contributed by atoms with Crippen LogP contribution in [0.5, 0.6) is 11.5 Å². The van der Waals surface area contributed by atoms with Crippen LogP contribution >= 0.6 is 11.7 Å². The van der Waals surface area contributed by atoms with E-state index in [0.717, 1.165) is 16.6 Å². The zero-order valence-corrected chi connectivity index (χ0v) is 12.9. The molecule has 23 heavy (non-hydrogen) atoms. The van der Waals surface area contributed by atoms with Gasteiger partial charge in [-0.15, -0.1) is 0 Å². The van der Waals surface area contributed by atoms with Gasteiger partial charge in [0.05, 0.1) is 11.7 Å². The first-order valence-corrected chi connectivity index (χ1v) is 7.90. The van der Waals surface area contributed by atoms with Gasteiger partial charge >= 0.3 is 0 Å². The van der Waals surface area contributed by atoms with Gasteiger partial charge in [0.1, 0.15) is 17.6 Å². The maximum atomic E-state index is 12.3. The van der Waals surface area contributed by atoms with Crippen LogP contribution in [-0.4, -0.2) is 27.4 Å². The van der Waals surface area contributed by atoms with Gasteiger partial charge in [-0.3, -0.25) is 4.79 Å². The van der Waals surface area contributed by atoms with E-state index in [1.807, 2.05) is 36.4 Å². The lowest BCUT2D eigenvalue weighted by Gasteiger charge is -2.25. The van der Waals surface area contributed by atoms with Crippen LogP contribution in [-0.2, 0) is 11.3 Å². The highest BCUT2D eigenvalue weighted by Crippen LogP contribution is 2.30. The molecule has 116 valence electrons. The Morgan fingerprint density at radius 1 is 1.17 bits per heavy atom. The predicted octanol–water partition coefficient (Wildman–Crippen LogP) is 2.15. The van der Waals surface area contributed by atoms with Gasteiger partial charge in [-0.25, -0.2) is 0 Å². The molecule has 2 heterocycles. The number of ether oxygens (including phenoxy) is 2. The molecule has 1 aromatic heterocycles. The SMILES string of the molecule is O=C(NCc1ccc2nsnc2c1)[C@@H]1COc2ccccc2O1. The molecule has 1 aliphatic rings. The number of amides is 1. The normalized spacial score (nSPS) is 16.3. The van der Waals surface area contributed by atoms with E-state index in [4.69, 9.17) is 9.47 Å².